The van der Waals surface area contributed by atoms with Gasteiger partial charge in [0.15, 0.2) is 5.57 Å². The molecule has 30 heavy (non-hydrogen) atoms. The number of nitrogens with one attached hydrogen (secondary N) is 3. The van der Waals surface area contributed by atoms with Crippen LogP contribution in [0.5, 0.6) is 0 Å². The van der Waals surface area contributed by atoms with Crippen molar-refractivity contribution in [3.05, 3.63) is 65.9 Å². The van der Waals surface area contributed by atoms with E-state index in [1.807, 2.05) is 0 Å². The summed E-state index contributed by atoms with van der Waals surface area (Å²) in [4.78, 5) is 23.3. The highest BCUT2D eigenvalue weighted by molar-refractivity contribution is 7.92. The van der Waals surface area contributed by atoms with Crippen LogP contribution in [0.1, 0.15) is 17.3 Å². The number of benzene rings is 2. The van der Waals surface area contributed by atoms with E-state index in [0.29, 0.717) is 11.3 Å². The number of hydrogen-bond acceptors (Lipinski definition) is 7. The average Bonchev–Trinajstić information content (AvgIpc) is 2.74. The van der Waals surface area contributed by atoms with Crippen LogP contribution in [0.3, 0.4) is 0 Å². The Morgan fingerprint density at radius 3 is 2.30 bits per heavy atom. The average molecular weight is 428 g/mol. The van der Waals surface area contributed by atoms with Gasteiger partial charge in [-0.3, -0.25) is 9.52 Å². The Kier molecular flexibility index (Phi) is 7.55. The van der Waals surface area contributed by atoms with Crippen LogP contribution < -0.4 is 15.4 Å². The van der Waals surface area contributed by atoms with Crippen molar-refractivity contribution in [2.45, 2.75) is 11.8 Å². The third kappa shape index (κ3) is 5.59. The van der Waals surface area contributed by atoms with Gasteiger partial charge in [-0.1, -0.05) is 12.1 Å². The van der Waals surface area contributed by atoms with E-state index < -0.39 is 16.0 Å². The fourth-order valence-corrected chi connectivity index (χ4v) is 3.41. The second-order valence-corrected chi connectivity index (χ2v) is 7.47. The molecule has 0 aliphatic heterocycles. The molecule has 9 nitrogen and oxygen atoms in total. The maximum atomic E-state index is 12.7. The smallest absolute Gasteiger partial charge is 0.350 e. The Morgan fingerprint density at radius 1 is 1.10 bits per heavy atom. The van der Waals surface area contributed by atoms with E-state index >= 15 is 0 Å². The fraction of sp³-hybridized carbons (Fsp3) is 0.150. The number of ether oxygens (including phenoxy) is 1. The molecule has 0 aliphatic carbocycles. The lowest BCUT2D eigenvalue weighted by atomic mass is 10.2. The van der Waals surface area contributed by atoms with Gasteiger partial charge in [-0.25, -0.2) is 13.2 Å². The molecule has 0 aliphatic rings. The summed E-state index contributed by atoms with van der Waals surface area (Å²) in [6, 6.07) is 13.5. The summed E-state index contributed by atoms with van der Waals surface area (Å²) < 4.78 is 32.6. The second kappa shape index (κ2) is 10.1. The number of nitriles is 1. The Bertz CT molecular complexity index is 1100. The van der Waals surface area contributed by atoms with Crippen molar-refractivity contribution in [3.63, 3.8) is 0 Å². The van der Waals surface area contributed by atoms with Gasteiger partial charge in [-0.15, -0.1) is 0 Å². The van der Waals surface area contributed by atoms with Gasteiger partial charge >= 0.3 is 5.97 Å². The van der Waals surface area contributed by atoms with Gasteiger partial charge in [-0.05, 0) is 43.3 Å². The third-order valence-electron chi connectivity index (χ3n) is 3.81. The molecule has 2 aromatic rings. The first kappa shape index (κ1) is 22.4. The van der Waals surface area contributed by atoms with Crippen molar-refractivity contribution < 1.29 is 22.7 Å². The standard InChI is InChI=1S/C20H20N4O5S/c1-3-29-20(26)15(12-21)13-23-17-6-4-5-7-18(17)24-30(27,28)16-10-8-14(9-11-16)19(25)22-2/h4-11,13,23-24H,3H2,1-2H3,(H,22,25)/b15-13+. The quantitative estimate of drug-likeness (QED) is 0.333. The summed E-state index contributed by atoms with van der Waals surface area (Å²) in [6.45, 7) is 1.73. The normalized spacial score (nSPS) is 11.2. The van der Waals surface area contributed by atoms with Crippen molar-refractivity contribution in [2.75, 3.05) is 23.7 Å². The summed E-state index contributed by atoms with van der Waals surface area (Å²) in [7, 11) is -2.47. The molecule has 0 aromatic heterocycles. The van der Waals surface area contributed by atoms with E-state index in [9.17, 15) is 18.0 Å². The van der Waals surface area contributed by atoms with Crippen LogP contribution >= 0.6 is 0 Å². The maximum Gasteiger partial charge on any atom is 0.350 e. The van der Waals surface area contributed by atoms with Crippen LogP contribution in [-0.2, 0) is 19.6 Å². The van der Waals surface area contributed by atoms with E-state index in [-0.39, 0.29) is 28.7 Å². The lowest BCUT2D eigenvalue weighted by Gasteiger charge is -2.13. The molecule has 0 radical (unpaired) electrons. The van der Waals surface area contributed by atoms with Crippen LogP contribution in [0.4, 0.5) is 11.4 Å². The number of sulfonamides is 1. The van der Waals surface area contributed by atoms with Crippen LogP contribution in [0.25, 0.3) is 0 Å². The number of nitrogens with zero attached hydrogens (tertiary/aromatic N) is 1. The molecule has 0 spiro atoms. The first-order valence-electron chi connectivity index (χ1n) is 8.80. The third-order valence-corrected chi connectivity index (χ3v) is 5.19. The first-order valence-corrected chi connectivity index (χ1v) is 10.3. The molecule has 0 fully saturated rings. The van der Waals surface area contributed by atoms with E-state index in [1.54, 1.807) is 31.2 Å². The Hall–Kier alpha value is -3.84. The van der Waals surface area contributed by atoms with Crippen molar-refractivity contribution in [1.82, 2.24) is 5.32 Å². The lowest BCUT2D eigenvalue weighted by molar-refractivity contribution is -0.138. The number of hydrogen-bond donors (Lipinski definition) is 3. The summed E-state index contributed by atoms with van der Waals surface area (Å²) >= 11 is 0. The fourth-order valence-electron chi connectivity index (χ4n) is 2.33. The molecule has 10 heteroatoms. The zero-order chi connectivity index (χ0) is 22.1. The van der Waals surface area contributed by atoms with Crippen LogP contribution in [0.15, 0.2) is 65.2 Å². The molecule has 0 saturated heterocycles. The van der Waals surface area contributed by atoms with Crippen molar-refractivity contribution in [1.29, 1.82) is 5.26 Å². The number of carbonyl (C=O) groups excluding carboxylic acids is 2. The summed E-state index contributed by atoms with van der Waals surface area (Å²) in [5.41, 5.74) is 0.580. The summed E-state index contributed by atoms with van der Waals surface area (Å²) in [5, 5.41) is 14.3. The Balaban J connectivity index is 2.26. The van der Waals surface area contributed by atoms with Gasteiger partial charge in [0, 0.05) is 18.8 Å². The van der Waals surface area contributed by atoms with Crippen LogP contribution in [-0.4, -0.2) is 33.9 Å². The molecule has 0 heterocycles. The highest BCUT2D eigenvalue weighted by Crippen LogP contribution is 2.25. The second-order valence-electron chi connectivity index (χ2n) is 5.79. The molecule has 2 rings (SSSR count). The van der Waals surface area contributed by atoms with Crippen molar-refractivity contribution >= 4 is 33.3 Å². The maximum absolute atomic E-state index is 12.7. The minimum atomic E-state index is -3.95. The lowest BCUT2D eigenvalue weighted by Crippen LogP contribution is -2.18. The highest BCUT2D eigenvalue weighted by Gasteiger charge is 2.17. The van der Waals surface area contributed by atoms with Gasteiger partial charge in [0.2, 0.25) is 0 Å². The van der Waals surface area contributed by atoms with Gasteiger partial charge in [0.1, 0.15) is 6.07 Å². The van der Waals surface area contributed by atoms with Gasteiger partial charge in [0.05, 0.1) is 22.9 Å². The van der Waals surface area contributed by atoms with E-state index in [0.717, 1.165) is 6.20 Å². The largest absolute Gasteiger partial charge is 0.462 e. The molecule has 0 saturated carbocycles. The number of para-hydroxylation sites is 2. The van der Waals surface area contributed by atoms with E-state index in [1.165, 1.54) is 37.4 Å². The van der Waals surface area contributed by atoms with E-state index in [2.05, 4.69) is 15.4 Å². The molecule has 0 bridgehead atoms. The topological polar surface area (TPSA) is 137 Å². The Labute approximate surface area is 174 Å². The number of rotatable bonds is 8. The molecule has 2 aromatic carbocycles. The summed E-state index contributed by atoms with van der Waals surface area (Å²) in [5.74, 6) is -1.12. The van der Waals surface area contributed by atoms with Gasteiger partial charge < -0.3 is 15.4 Å². The molecule has 0 unspecified atom stereocenters. The van der Waals surface area contributed by atoms with E-state index in [4.69, 9.17) is 10.00 Å². The molecular formula is C20H20N4O5S. The van der Waals surface area contributed by atoms with Gasteiger partial charge in [-0.2, -0.15) is 5.26 Å². The monoisotopic (exact) mass is 428 g/mol. The number of anilines is 2. The van der Waals surface area contributed by atoms with Crippen LogP contribution in [0.2, 0.25) is 0 Å². The number of carbonyl (C=O) groups is 2. The minimum Gasteiger partial charge on any atom is -0.462 e. The molecule has 156 valence electrons. The predicted octanol–water partition coefficient (Wildman–Crippen LogP) is 2.23. The van der Waals surface area contributed by atoms with Crippen molar-refractivity contribution in [3.8, 4) is 6.07 Å². The predicted molar refractivity (Wildman–Crippen MR) is 111 cm³/mol. The highest BCUT2D eigenvalue weighted by atomic mass is 32.2. The number of amides is 1. The number of esters is 1. The van der Waals surface area contributed by atoms with Crippen molar-refractivity contribution in [2.24, 2.45) is 0 Å². The first-order chi connectivity index (χ1) is 14.3. The molecule has 3 N–H and O–H groups in total. The summed E-state index contributed by atoms with van der Waals surface area (Å²) in [6.07, 6.45) is 1.14. The molecule has 0 atom stereocenters. The molecule has 1 amide bonds. The molecular weight excluding hydrogens is 408 g/mol. The van der Waals surface area contributed by atoms with Gasteiger partial charge in [0.25, 0.3) is 15.9 Å². The SMILES string of the molecule is CCOC(=O)/C(C#N)=C/Nc1ccccc1NS(=O)(=O)c1ccc(C(=O)NC)cc1. The minimum absolute atomic E-state index is 0.0373. The Morgan fingerprint density at radius 2 is 1.73 bits per heavy atom. The zero-order valence-corrected chi connectivity index (χ0v) is 17.1. The van der Waals surface area contributed by atoms with Crippen LogP contribution in [0, 0.1) is 11.3 Å². The zero-order valence-electron chi connectivity index (χ0n) is 16.3.